The van der Waals surface area contributed by atoms with Crippen LogP contribution >= 0.6 is 15.9 Å². The Hall–Kier alpha value is -0.460. The number of likely N-dealkylation sites (N-methyl/N-ethyl adjacent to an activating group) is 1. The molecule has 4 nitrogen and oxygen atoms in total. The van der Waals surface area contributed by atoms with Gasteiger partial charge in [-0.2, -0.15) is 0 Å². The number of benzene rings is 1. The maximum atomic E-state index is 9.91. The third-order valence-electron chi connectivity index (χ3n) is 3.40. The van der Waals surface area contributed by atoms with E-state index >= 15 is 0 Å². The molecule has 3 unspecified atom stereocenters. The minimum atomic E-state index is -0.510. The Morgan fingerprint density at radius 1 is 1.45 bits per heavy atom. The summed E-state index contributed by atoms with van der Waals surface area (Å²) < 4.78 is 6.02. The van der Waals surface area contributed by atoms with Crippen molar-refractivity contribution in [1.29, 1.82) is 0 Å². The number of nitrogens with zero attached hydrogens (tertiary/aromatic N) is 1. The van der Waals surface area contributed by atoms with Crippen LogP contribution in [0.5, 0.6) is 0 Å². The molecule has 1 rings (SSSR count). The first-order chi connectivity index (χ1) is 9.49. The van der Waals surface area contributed by atoms with E-state index in [1.165, 1.54) is 0 Å². The fourth-order valence-corrected chi connectivity index (χ4v) is 2.85. The first-order valence-electron chi connectivity index (χ1n) is 6.87. The predicted molar refractivity (Wildman–Crippen MR) is 85.7 cm³/mol. The maximum Gasteiger partial charge on any atom is 0.0900 e. The molecule has 0 aliphatic heterocycles. The van der Waals surface area contributed by atoms with Gasteiger partial charge in [0.1, 0.15) is 0 Å². The summed E-state index contributed by atoms with van der Waals surface area (Å²) in [5.41, 5.74) is 7.43. The van der Waals surface area contributed by atoms with Crippen LogP contribution < -0.4 is 5.73 Å². The zero-order chi connectivity index (χ0) is 15.1. The quantitative estimate of drug-likeness (QED) is 0.758. The lowest BCUT2D eigenvalue weighted by atomic mass is 9.96. The molecule has 0 fully saturated rings. The van der Waals surface area contributed by atoms with Gasteiger partial charge in [-0.3, -0.25) is 4.90 Å². The van der Waals surface area contributed by atoms with Gasteiger partial charge in [-0.1, -0.05) is 35.0 Å². The molecule has 0 radical (unpaired) electrons. The molecule has 0 bridgehead atoms. The Morgan fingerprint density at radius 3 is 2.70 bits per heavy atom. The highest BCUT2D eigenvalue weighted by Crippen LogP contribution is 2.26. The standard InChI is InChI=1S/C15H25BrN2O2/c1-4-14(17)15(11-6-5-7-12(16)8-11)18(2)9-13(19)10-20-3/h5-8,13-15,19H,4,9-10,17H2,1-3H3. The molecule has 20 heavy (non-hydrogen) atoms. The summed E-state index contributed by atoms with van der Waals surface area (Å²) in [6, 6.07) is 8.25. The number of ether oxygens (including phenoxy) is 1. The number of nitrogens with two attached hydrogens (primary N) is 1. The van der Waals surface area contributed by atoms with Crippen LogP contribution in [-0.2, 0) is 4.74 Å². The minimum absolute atomic E-state index is 0.0176. The normalized spacial score (nSPS) is 16.1. The van der Waals surface area contributed by atoms with Crippen LogP contribution in [0, 0.1) is 0 Å². The number of methoxy groups -OCH3 is 1. The molecule has 3 atom stereocenters. The fourth-order valence-electron chi connectivity index (χ4n) is 2.43. The van der Waals surface area contributed by atoms with Crippen molar-refractivity contribution in [3.63, 3.8) is 0 Å². The van der Waals surface area contributed by atoms with Crippen molar-refractivity contribution in [3.8, 4) is 0 Å². The van der Waals surface area contributed by atoms with E-state index in [0.29, 0.717) is 13.2 Å². The highest BCUT2D eigenvalue weighted by molar-refractivity contribution is 9.10. The zero-order valence-corrected chi connectivity index (χ0v) is 14.0. The van der Waals surface area contributed by atoms with Crippen LogP contribution in [0.25, 0.3) is 0 Å². The van der Waals surface area contributed by atoms with Gasteiger partial charge in [0, 0.05) is 30.2 Å². The van der Waals surface area contributed by atoms with Crippen LogP contribution in [0.15, 0.2) is 28.7 Å². The van der Waals surface area contributed by atoms with Gasteiger partial charge in [-0.05, 0) is 31.2 Å². The summed E-state index contributed by atoms with van der Waals surface area (Å²) in [7, 11) is 3.58. The summed E-state index contributed by atoms with van der Waals surface area (Å²) in [5.74, 6) is 0. The number of rotatable bonds is 8. The zero-order valence-electron chi connectivity index (χ0n) is 12.4. The fraction of sp³-hybridized carbons (Fsp3) is 0.600. The second-order valence-corrected chi connectivity index (χ2v) is 6.04. The van der Waals surface area contributed by atoms with Crippen molar-refractivity contribution in [1.82, 2.24) is 4.90 Å². The second-order valence-electron chi connectivity index (χ2n) is 5.12. The van der Waals surface area contributed by atoms with E-state index in [0.717, 1.165) is 16.5 Å². The van der Waals surface area contributed by atoms with Gasteiger partial charge in [-0.15, -0.1) is 0 Å². The van der Waals surface area contributed by atoms with E-state index in [9.17, 15) is 5.11 Å². The molecule has 0 spiro atoms. The van der Waals surface area contributed by atoms with Crippen LogP contribution in [0.1, 0.15) is 24.9 Å². The van der Waals surface area contributed by atoms with E-state index < -0.39 is 6.10 Å². The van der Waals surface area contributed by atoms with Crippen molar-refractivity contribution in [2.45, 2.75) is 31.5 Å². The van der Waals surface area contributed by atoms with Gasteiger partial charge in [0.2, 0.25) is 0 Å². The largest absolute Gasteiger partial charge is 0.389 e. The van der Waals surface area contributed by atoms with E-state index in [4.69, 9.17) is 10.5 Å². The number of aliphatic hydroxyl groups is 1. The molecule has 0 saturated heterocycles. The van der Waals surface area contributed by atoms with Gasteiger partial charge in [-0.25, -0.2) is 0 Å². The van der Waals surface area contributed by atoms with Crippen LogP contribution in [-0.4, -0.2) is 49.5 Å². The molecular weight excluding hydrogens is 320 g/mol. The Balaban J connectivity index is 2.89. The van der Waals surface area contributed by atoms with E-state index in [1.807, 2.05) is 19.2 Å². The lowest BCUT2D eigenvalue weighted by Gasteiger charge is -2.34. The maximum absolute atomic E-state index is 9.91. The molecule has 1 aromatic rings. The summed E-state index contributed by atoms with van der Waals surface area (Å²) in [5, 5.41) is 9.91. The lowest BCUT2D eigenvalue weighted by molar-refractivity contribution is 0.0309. The first-order valence-corrected chi connectivity index (χ1v) is 7.67. The molecular formula is C15H25BrN2O2. The van der Waals surface area contributed by atoms with Crippen LogP contribution in [0.3, 0.4) is 0 Å². The Labute approximate surface area is 130 Å². The lowest BCUT2D eigenvalue weighted by Crippen LogP contribution is -2.42. The summed E-state index contributed by atoms with van der Waals surface area (Å²) in [6.45, 7) is 2.94. The third kappa shape index (κ3) is 5.14. The Kier molecular flexibility index (Phi) is 7.69. The molecule has 3 N–H and O–H groups in total. The van der Waals surface area contributed by atoms with Crippen LogP contribution in [0.4, 0.5) is 0 Å². The summed E-state index contributed by atoms with van der Waals surface area (Å²) >= 11 is 3.50. The SMILES string of the molecule is CCC(N)C(c1cccc(Br)c1)N(C)CC(O)COC. The molecule has 0 heterocycles. The number of hydrogen-bond acceptors (Lipinski definition) is 4. The van der Waals surface area contributed by atoms with Crippen molar-refractivity contribution in [2.24, 2.45) is 5.73 Å². The topological polar surface area (TPSA) is 58.7 Å². The summed E-state index contributed by atoms with van der Waals surface area (Å²) in [6.07, 6.45) is 0.366. The van der Waals surface area contributed by atoms with Gasteiger partial charge >= 0.3 is 0 Å². The highest BCUT2D eigenvalue weighted by atomic mass is 79.9. The molecule has 0 amide bonds. The molecule has 114 valence electrons. The van der Waals surface area contributed by atoms with Crippen molar-refractivity contribution in [2.75, 3.05) is 27.3 Å². The second kappa shape index (κ2) is 8.74. The minimum Gasteiger partial charge on any atom is -0.389 e. The van der Waals surface area contributed by atoms with Gasteiger partial charge in [0.05, 0.1) is 12.7 Å². The van der Waals surface area contributed by atoms with Crippen molar-refractivity contribution >= 4 is 15.9 Å². The molecule has 0 aliphatic carbocycles. The monoisotopic (exact) mass is 344 g/mol. The molecule has 0 aromatic heterocycles. The Bertz CT molecular complexity index is 403. The van der Waals surface area contributed by atoms with Crippen LogP contribution in [0.2, 0.25) is 0 Å². The van der Waals surface area contributed by atoms with E-state index in [-0.39, 0.29) is 12.1 Å². The first kappa shape index (κ1) is 17.6. The van der Waals surface area contributed by atoms with Crippen molar-refractivity contribution < 1.29 is 9.84 Å². The van der Waals surface area contributed by atoms with E-state index in [1.54, 1.807) is 7.11 Å². The molecule has 1 aromatic carbocycles. The number of aliphatic hydroxyl groups excluding tert-OH is 1. The highest BCUT2D eigenvalue weighted by Gasteiger charge is 2.24. The molecule has 5 heteroatoms. The van der Waals surface area contributed by atoms with Gasteiger partial charge in [0.25, 0.3) is 0 Å². The van der Waals surface area contributed by atoms with Gasteiger partial charge < -0.3 is 15.6 Å². The number of halogens is 1. The van der Waals surface area contributed by atoms with Gasteiger partial charge in [0.15, 0.2) is 0 Å². The number of hydrogen-bond donors (Lipinski definition) is 2. The summed E-state index contributed by atoms with van der Waals surface area (Å²) in [4.78, 5) is 2.10. The smallest absolute Gasteiger partial charge is 0.0900 e. The Morgan fingerprint density at radius 2 is 2.15 bits per heavy atom. The third-order valence-corrected chi connectivity index (χ3v) is 3.89. The molecule has 0 aliphatic rings. The predicted octanol–water partition coefficient (Wildman–Crippen LogP) is 2.17. The average Bonchev–Trinajstić information content (AvgIpc) is 2.39. The molecule has 0 saturated carbocycles. The van der Waals surface area contributed by atoms with Crippen molar-refractivity contribution in [3.05, 3.63) is 34.3 Å². The van der Waals surface area contributed by atoms with E-state index in [2.05, 4.69) is 39.9 Å². The average molecular weight is 345 g/mol.